The summed E-state index contributed by atoms with van der Waals surface area (Å²) in [6.07, 6.45) is 0.655. The Morgan fingerprint density at radius 1 is 1.05 bits per heavy atom. The van der Waals surface area contributed by atoms with Crippen LogP contribution in [0, 0.1) is 19.8 Å². The lowest BCUT2D eigenvalue weighted by Crippen LogP contribution is -2.57. The van der Waals surface area contributed by atoms with Gasteiger partial charge in [0.1, 0.15) is 18.5 Å². The molecular formula is C31H40F3N3O3. The Kier molecular flexibility index (Phi) is 8.73. The van der Waals surface area contributed by atoms with Gasteiger partial charge in [-0.15, -0.1) is 0 Å². The van der Waals surface area contributed by atoms with Gasteiger partial charge in [0.2, 0.25) is 0 Å². The van der Waals surface area contributed by atoms with E-state index in [0.717, 1.165) is 61.7 Å². The van der Waals surface area contributed by atoms with Crippen LogP contribution in [0.1, 0.15) is 70.8 Å². The minimum Gasteiger partial charge on any atom is -0.491 e. The summed E-state index contributed by atoms with van der Waals surface area (Å²) in [5.74, 6) is 1.35. The third-order valence-electron chi connectivity index (χ3n) is 8.77. The van der Waals surface area contributed by atoms with Gasteiger partial charge in [-0.2, -0.15) is 13.2 Å². The lowest BCUT2D eigenvalue weighted by molar-refractivity contribution is -0.137. The minimum absolute atomic E-state index is 0.208. The summed E-state index contributed by atoms with van der Waals surface area (Å²) in [5.41, 5.74) is 3.08. The maximum absolute atomic E-state index is 13.1. The van der Waals surface area contributed by atoms with E-state index in [1.54, 1.807) is 4.90 Å². The highest BCUT2D eigenvalue weighted by Gasteiger charge is 2.38. The number of piperidine rings is 1. The molecule has 0 bridgehead atoms. The lowest BCUT2D eigenvalue weighted by Gasteiger charge is -2.49. The van der Waals surface area contributed by atoms with Gasteiger partial charge in [0.25, 0.3) is 5.91 Å². The number of alkyl halides is 3. The molecule has 2 saturated heterocycles. The summed E-state index contributed by atoms with van der Waals surface area (Å²) in [7, 11) is 0. The molecule has 2 aromatic rings. The Labute approximate surface area is 234 Å². The van der Waals surface area contributed by atoms with Crippen molar-refractivity contribution in [1.82, 2.24) is 15.1 Å². The first-order chi connectivity index (χ1) is 19.1. The highest BCUT2D eigenvalue weighted by atomic mass is 19.4. The van der Waals surface area contributed by atoms with E-state index in [1.807, 2.05) is 6.07 Å². The predicted octanol–water partition coefficient (Wildman–Crippen LogP) is 5.11. The van der Waals surface area contributed by atoms with Gasteiger partial charge in [-0.05, 0) is 105 Å². The van der Waals surface area contributed by atoms with Crippen molar-refractivity contribution in [1.29, 1.82) is 0 Å². The molecule has 0 unspecified atom stereocenters. The third-order valence-corrected chi connectivity index (χ3v) is 8.77. The maximum atomic E-state index is 13.1. The second-order valence-corrected chi connectivity index (χ2v) is 11.6. The summed E-state index contributed by atoms with van der Waals surface area (Å²) in [6.45, 7) is 7.76. The SMILES string of the molecule is Cc1c(OC[C@@H](O)CNCC2CC2)ccc([C@H]2CCC[C@H]3CN(C(=O)c4ccc(C(F)(F)F)cc4)CCN32)c1C. The Bertz CT molecular complexity index is 1180. The van der Waals surface area contributed by atoms with Crippen molar-refractivity contribution in [2.75, 3.05) is 39.3 Å². The van der Waals surface area contributed by atoms with Crippen LogP contribution < -0.4 is 10.1 Å². The number of hydrogen-bond donors (Lipinski definition) is 2. The lowest BCUT2D eigenvalue weighted by atomic mass is 9.86. The first-order valence-electron chi connectivity index (χ1n) is 14.5. The highest BCUT2D eigenvalue weighted by molar-refractivity contribution is 5.94. The van der Waals surface area contributed by atoms with Crippen LogP contribution in [0.2, 0.25) is 0 Å². The molecule has 3 atom stereocenters. The quantitative estimate of drug-likeness (QED) is 0.447. The fraction of sp³-hybridized carbons (Fsp3) is 0.581. The summed E-state index contributed by atoms with van der Waals surface area (Å²) >= 11 is 0. The number of amides is 1. The molecule has 5 rings (SSSR count). The number of benzene rings is 2. The number of piperazine rings is 1. The number of rotatable bonds is 9. The Hall–Kier alpha value is -2.62. The van der Waals surface area contributed by atoms with Crippen LogP contribution in [0.4, 0.5) is 13.2 Å². The third kappa shape index (κ3) is 6.64. The zero-order valence-electron chi connectivity index (χ0n) is 23.3. The normalized spacial score (nSPS) is 22.6. The van der Waals surface area contributed by atoms with Crippen molar-refractivity contribution >= 4 is 5.91 Å². The second-order valence-electron chi connectivity index (χ2n) is 11.6. The van der Waals surface area contributed by atoms with Gasteiger partial charge in [-0.25, -0.2) is 0 Å². The molecule has 1 aliphatic carbocycles. The molecule has 3 fully saturated rings. The maximum Gasteiger partial charge on any atom is 0.416 e. The Morgan fingerprint density at radius 2 is 1.80 bits per heavy atom. The van der Waals surface area contributed by atoms with Gasteiger partial charge in [-0.1, -0.05) is 6.07 Å². The van der Waals surface area contributed by atoms with Gasteiger partial charge in [0.05, 0.1) is 5.56 Å². The number of halogens is 3. The standard InChI is InChI=1S/C31H40F3N3O3/c1-20-21(2)29(40-19-26(38)17-35-16-22-6-7-22)13-12-27(20)28-5-3-4-25-18-36(14-15-37(25)28)30(39)23-8-10-24(11-9-23)31(32,33)34/h8-13,22,25-26,28,35,38H,3-7,14-19H2,1-2H3/t25-,26-,28+/m0/s1. The van der Waals surface area contributed by atoms with Crippen LogP contribution in [0.15, 0.2) is 36.4 Å². The molecular weight excluding hydrogens is 519 g/mol. The highest BCUT2D eigenvalue weighted by Crippen LogP contribution is 2.40. The van der Waals surface area contributed by atoms with Crippen LogP contribution in [0.5, 0.6) is 5.75 Å². The van der Waals surface area contributed by atoms with Crippen LogP contribution in [-0.4, -0.2) is 72.3 Å². The number of ether oxygens (including phenoxy) is 1. The molecule has 1 saturated carbocycles. The number of hydrogen-bond acceptors (Lipinski definition) is 5. The fourth-order valence-electron chi connectivity index (χ4n) is 6.11. The number of aliphatic hydroxyl groups is 1. The first kappa shape index (κ1) is 28.9. The molecule has 2 heterocycles. The molecule has 1 amide bonds. The van der Waals surface area contributed by atoms with E-state index in [9.17, 15) is 23.1 Å². The van der Waals surface area contributed by atoms with E-state index < -0.39 is 17.8 Å². The van der Waals surface area contributed by atoms with Gasteiger partial charge in [0, 0.05) is 43.8 Å². The zero-order chi connectivity index (χ0) is 28.4. The number of carbonyl (C=O) groups excluding carboxylic acids is 1. The van der Waals surface area contributed by atoms with Crippen LogP contribution in [-0.2, 0) is 6.18 Å². The van der Waals surface area contributed by atoms with Crippen molar-refractivity contribution in [3.05, 3.63) is 64.2 Å². The van der Waals surface area contributed by atoms with Crippen molar-refractivity contribution in [3.8, 4) is 5.75 Å². The first-order valence-corrected chi connectivity index (χ1v) is 14.5. The predicted molar refractivity (Wildman–Crippen MR) is 147 cm³/mol. The second kappa shape index (κ2) is 12.1. The van der Waals surface area contributed by atoms with Gasteiger partial charge < -0.3 is 20.1 Å². The van der Waals surface area contributed by atoms with Gasteiger partial charge in [-0.3, -0.25) is 9.69 Å². The number of fused-ring (bicyclic) bond motifs is 1. The average Bonchev–Trinajstić information content (AvgIpc) is 3.77. The van der Waals surface area contributed by atoms with Gasteiger partial charge >= 0.3 is 6.18 Å². The van der Waals surface area contributed by atoms with E-state index in [-0.39, 0.29) is 24.6 Å². The molecule has 3 aliphatic rings. The number of nitrogens with zero attached hydrogens (tertiary/aromatic N) is 2. The van der Waals surface area contributed by atoms with Crippen molar-refractivity contribution < 1.29 is 27.8 Å². The molecule has 40 heavy (non-hydrogen) atoms. The molecule has 0 spiro atoms. The fourth-order valence-corrected chi connectivity index (χ4v) is 6.11. The monoisotopic (exact) mass is 559 g/mol. The minimum atomic E-state index is -4.42. The molecule has 2 aromatic carbocycles. The number of carbonyl (C=O) groups is 1. The van der Waals surface area contributed by atoms with Crippen LogP contribution in [0.3, 0.4) is 0 Å². The molecule has 218 valence electrons. The van der Waals surface area contributed by atoms with E-state index in [2.05, 4.69) is 30.1 Å². The molecule has 2 N–H and O–H groups in total. The van der Waals surface area contributed by atoms with Crippen molar-refractivity contribution in [2.45, 2.75) is 70.3 Å². The smallest absolute Gasteiger partial charge is 0.416 e. The average molecular weight is 560 g/mol. The van der Waals surface area contributed by atoms with Crippen molar-refractivity contribution in [2.24, 2.45) is 5.92 Å². The summed E-state index contributed by atoms with van der Waals surface area (Å²) in [6, 6.07) is 9.11. The van der Waals surface area contributed by atoms with E-state index in [1.165, 1.54) is 36.1 Å². The molecule has 9 heteroatoms. The molecule has 0 radical (unpaired) electrons. The van der Waals surface area contributed by atoms with E-state index in [4.69, 9.17) is 4.74 Å². The van der Waals surface area contributed by atoms with Crippen LogP contribution >= 0.6 is 0 Å². The summed E-state index contributed by atoms with van der Waals surface area (Å²) in [5, 5.41) is 13.6. The zero-order valence-corrected chi connectivity index (χ0v) is 23.3. The number of nitrogens with one attached hydrogen (secondary N) is 1. The Morgan fingerprint density at radius 3 is 2.50 bits per heavy atom. The molecule has 0 aromatic heterocycles. The van der Waals surface area contributed by atoms with Gasteiger partial charge in [0.15, 0.2) is 0 Å². The topological polar surface area (TPSA) is 65.0 Å². The van der Waals surface area contributed by atoms with E-state index in [0.29, 0.717) is 25.2 Å². The largest absolute Gasteiger partial charge is 0.491 e. The number of aliphatic hydroxyl groups excluding tert-OH is 1. The van der Waals surface area contributed by atoms with Crippen molar-refractivity contribution in [3.63, 3.8) is 0 Å². The molecule has 6 nitrogen and oxygen atoms in total. The van der Waals surface area contributed by atoms with E-state index >= 15 is 0 Å². The summed E-state index contributed by atoms with van der Waals surface area (Å²) < 4.78 is 44.8. The summed E-state index contributed by atoms with van der Waals surface area (Å²) in [4.78, 5) is 17.4. The van der Waals surface area contributed by atoms with Crippen LogP contribution in [0.25, 0.3) is 0 Å². The molecule has 2 aliphatic heterocycles. The Balaban J connectivity index is 1.20.